The molecule has 0 saturated carbocycles. The molecule has 1 heterocycles. The SMILES string of the molecule is O=C=NCc1cccc(N2CCCC2)c1. The van der Waals surface area contributed by atoms with Crippen molar-refractivity contribution in [3.05, 3.63) is 29.8 Å². The lowest BCUT2D eigenvalue weighted by Gasteiger charge is -2.17. The summed E-state index contributed by atoms with van der Waals surface area (Å²) in [5, 5.41) is 0. The summed E-state index contributed by atoms with van der Waals surface area (Å²) in [5.41, 5.74) is 2.31. The van der Waals surface area contributed by atoms with Crippen molar-refractivity contribution in [3.8, 4) is 0 Å². The van der Waals surface area contributed by atoms with Crippen molar-refractivity contribution in [2.75, 3.05) is 18.0 Å². The Kier molecular flexibility index (Phi) is 3.15. The summed E-state index contributed by atoms with van der Waals surface area (Å²) in [6.45, 7) is 2.71. The van der Waals surface area contributed by atoms with Crippen LogP contribution in [-0.4, -0.2) is 19.2 Å². The molecule has 1 saturated heterocycles. The van der Waals surface area contributed by atoms with E-state index in [0.717, 1.165) is 18.7 Å². The van der Waals surface area contributed by atoms with E-state index >= 15 is 0 Å². The van der Waals surface area contributed by atoms with Gasteiger partial charge in [-0.3, -0.25) is 0 Å². The number of benzene rings is 1. The minimum absolute atomic E-state index is 0.436. The molecule has 3 heteroatoms. The first-order valence-corrected chi connectivity index (χ1v) is 5.27. The zero-order valence-electron chi connectivity index (χ0n) is 8.65. The van der Waals surface area contributed by atoms with Crippen molar-refractivity contribution in [2.45, 2.75) is 19.4 Å². The van der Waals surface area contributed by atoms with Crippen LogP contribution in [0, 0.1) is 0 Å². The fourth-order valence-corrected chi connectivity index (χ4v) is 1.95. The van der Waals surface area contributed by atoms with Crippen LogP contribution in [0.15, 0.2) is 29.3 Å². The molecule has 3 nitrogen and oxygen atoms in total. The van der Waals surface area contributed by atoms with Gasteiger partial charge in [-0.25, -0.2) is 9.79 Å². The van der Waals surface area contributed by atoms with Crippen LogP contribution in [0.1, 0.15) is 18.4 Å². The molecular weight excluding hydrogens is 188 g/mol. The van der Waals surface area contributed by atoms with E-state index in [1.165, 1.54) is 18.5 Å². The number of aliphatic imine (C=N–C) groups is 1. The minimum atomic E-state index is 0.436. The number of anilines is 1. The quantitative estimate of drug-likeness (QED) is 0.555. The Balaban J connectivity index is 2.14. The van der Waals surface area contributed by atoms with E-state index in [4.69, 9.17) is 0 Å². The Morgan fingerprint density at radius 1 is 1.33 bits per heavy atom. The van der Waals surface area contributed by atoms with Gasteiger partial charge in [-0.2, -0.15) is 0 Å². The van der Waals surface area contributed by atoms with Gasteiger partial charge in [-0.15, -0.1) is 0 Å². The van der Waals surface area contributed by atoms with Gasteiger partial charge in [0.05, 0.1) is 6.54 Å². The van der Waals surface area contributed by atoms with Crippen LogP contribution in [-0.2, 0) is 11.3 Å². The van der Waals surface area contributed by atoms with Crippen LogP contribution in [0.5, 0.6) is 0 Å². The van der Waals surface area contributed by atoms with E-state index in [2.05, 4.69) is 22.0 Å². The second kappa shape index (κ2) is 4.76. The summed E-state index contributed by atoms with van der Waals surface area (Å²) in [4.78, 5) is 16.0. The molecule has 15 heavy (non-hydrogen) atoms. The molecule has 78 valence electrons. The van der Waals surface area contributed by atoms with Crippen LogP contribution in [0.3, 0.4) is 0 Å². The van der Waals surface area contributed by atoms with Crippen molar-refractivity contribution < 1.29 is 4.79 Å². The van der Waals surface area contributed by atoms with E-state index in [-0.39, 0.29) is 0 Å². The number of hydrogen-bond acceptors (Lipinski definition) is 3. The second-order valence-corrected chi connectivity index (χ2v) is 3.77. The number of carbonyl (C=O) groups excluding carboxylic acids is 1. The van der Waals surface area contributed by atoms with Crippen LogP contribution < -0.4 is 4.90 Å². The molecule has 0 radical (unpaired) electrons. The van der Waals surface area contributed by atoms with Gasteiger partial charge in [-0.1, -0.05) is 12.1 Å². The third-order valence-electron chi connectivity index (χ3n) is 2.71. The second-order valence-electron chi connectivity index (χ2n) is 3.77. The Bertz CT molecular complexity index is 377. The topological polar surface area (TPSA) is 32.7 Å². The van der Waals surface area contributed by atoms with E-state index in [1.807, 2.05) is 12.1 Å². The minimum Gasteiger partial charge on any atom is -0.372 e. The molecule has 0 aromatic heterocycles. The summed E-state index contributed by atoms with van der Waals surface area (Å²) in [7, 11) is 0. The highest BCUT2D eigenvalue weighted by Gasteiger charge is 2.11. The number of nitrogens with zero attached hydrogens (tertiary/aromatic N) is 2. The lowest BCUT2D eigenvalue weighted by atomic mass is 10.2. The van der Waals surface area contributed by atoms with E-state index in [9.17, 15) is 4.79 Å². The number of hydrogen-bond donors (Lipinski definition) is 0. The molecule has 1 aromatic carbocycles. The highest BCUT2D eigenvalue weighted by molar-refractivity contribution is 5.49. The molecule has 1 fully saturated rings. The largest absolute Gasteiger partial charge is 0.372 e. The fourth-order valence-electron chi connectivity index (χ4n) is 1.95. The van der Waals surface area contributed by atoms with Crippen molar-refractivity contribution in [1.29, 1.82) is 0 Å². The van der Waals surface area contributed by atoms with Crippen molar-refractivity contribution in [2.24, 2.45) is 4.99 Å². The molecule has 0 spiro atoms. The molecule has 0 unspecified atom stereocenters. The molecule has 1 aliphatic rings. The first kappa shape index (κ1) is 9.94. The van der Waals surface area contributed by atoms with Crippen molar-refractivity contribution in [1.82, 2.24) is 0 Å². The van der Waals surface area contributed by atoms with Gasteiger partial charge in [0.25, 0.3) is 0 Å². The number of isocyanates is 1. The molecule has 0 bridgehead atoms. The first-order valence-electron chi connectivity index (χ1n) is 5.27. The van der Waals surface area contributed by atoms with Gasteiger partial charge in [0, 0.05) is 18.8 Å². The zero-order valence-corrected chi connectivity index (χ0v) is 8.65. The Morgan fingerprint density at radius 2 is 2.13 bits per heavy atom. The molecule has 0 N–H and O–H groups in total. The highest BCUT2D eigenvalue weighted by Crippen LogP contribution is 2.21. The summed E-state index contributed by atoms with van der Waals surface area (Å²) in [5.74, 6) is 0. The zero-order chi connectivity index (χ0) is 10.5. The Labute approximate surface area is 89.4 Å². The summed E-state index contributed by atoms with van der Waals surface area (Å²) in [6, 6.07) is 8.22. The molecule has 0 aliphatic carbocycles. The molecular formula is C12H14N2O. The maximum atomic E-state index is 10.0. The van der Waals surface area contributed by atoms with Gasteiger partial charge in [0.15, 0.2) is 0 Å². The highest BCUT2D eigenvalue weighted by atomic mass is 16.1. The lowest BCUT2D eigenvalue weighted by molar-refractivity contribution is 0.563. The molecule has 2 rings (SSSR count). The smallest absolute Gasteiger partial charge is 0.235 e. The van der Waals surface area contributed by atoms with Crippen LogP contribution in [0.4, 0.5) is 5.69 Å². The fraction of sp³-hybridized carbons (Fsp3) is 0.417. The standard InChI is InChI=1S/C12H14N2O/c15-10-13-9-11-4-3-5-12(8-11)14-6-1-2-7-14/h3-5,8H,1-2,6-7,9H2. The predicted molar refractivity (Wildman–Crippen MR) is 59.7 cm³/mol. The van der Waals surface area contributed by atoms with Crippen LogP contribution in [0.25, 0.3) is 0 Å². The summed E-state index contributed by atoms with van der Waals surface area (Å²) >= 11 is 0. The van der Waals surface area contributed by atoms with Gasteiger partial charge in [0.2, 0.25) is 6.08 Å². The maximum Gasteiger partial charge on any atom is 0.235 e. The lowest BCUT2D eigenvalue weighted by Crippen LogP contribution is -2.17. The van der Waals surface area contributed by atoms with Gasteiger partial charge >= 0.3 is 0 Å². The first-order chi connectivity index (χ1) is 7.40. The third kappa shape index (κ3) is 2.45. The average molecular weight is 202 g/mol. The van der Waals surface area contributed by atoms with E-state index in [1.54, 1.807) is 6.08 Å². The Morgan fingerprint density at radius 3 is 2.87 bits per heavy atom. The molecule has 1 aromatic rings. The normalized spacial score (nSPS) is 15.1. The van der Waals surface area contributed by atoms with Crippen molar-refractivity contribution >= 4 is 11.8 Å². The van der Waals surface area contributed by atoms with Gasteiger partial charge < -0.3 is 4.90 Å². The van der Waals surface area contributed by atoms with Crippen LogP contribution >= 0.6 is 0 Å². The van der Waals surface area contributed by atoms with Gasteiger partial charge in [0.1, 0.15) is 0 Å². The molecule has 0 amide bonds. The van der Waals surface area contributed by atoms with Crippen LogP contribution in [0.2, 0.25) is 0 Å². The Hall–Kier alpha value is -1.60. The average Bonchev–Trinajstić information content (AvgIpc) is 2.80. The summed E-state index contributed by atoms with van der Waals surface area (Å²) < 4.78 is 0. The van der Waals surface area contributed by atoms with Crippen molar-refractivity contribution in [3.63, 3.8) is 0 Å². The van der Waals surface area contributed by atoms with E-state index < -0.39 is 0 Å². The van der Waals surface area contributed by atoms with Gasteiger partial charge in [-0.05, 0) is 30.5 Å². The molecule has 0 atom stereocenters. The third-order valence-corrected chi connectivity index (χ3v) is 2.71. The monoisotopic (exact) mass is 202 g/mol. The maximum absolute atomic E-state index is 10.0. The predicted octanol–water partition coefficient (Wildman–Crippen LogP) is 2.12. The van der Waals surface area contributed by atoms with E-state index in [0.29, 0.717) is 6.54 Å². The number of rotatable bonds is 3. The molecule has 1 aliphatic heterocycles. The summed E-state index contributed by atoms with van der Waals surface area (Å²) in [6.07, 6.45) is 4.12.